The monoisotopic (exact) mass is 374 g/mol. The van der Waals surface area contributed by atoms with Crippen molar-refractivity contribution in [3.63, 3.8) is 0 Å². The molecular formula is C20H20F2N2O3. The van der Waals surface area contributed by atoms with E-state index < -0.39 is 17.6 Å². The molecule has 0 bridgehead atoms. The number of piperazine rings is 1. The maximum Gasteiger partial charge on any atom is 0.337 e. The molecule has 2 aromatic carbocycles. The molecule has 27 heavy (non-hydrogen) atoms. The normalized spacial score (nSPS) is 14.9. The number of carbonyl (C=O) groups excluding carboxylic acids is 2. The molecule has 1 aliphatic heterocycles. The van der Waals surface area contributed by atoms with Gasteiger partial charge in [-0.1, -0.05) is 12.1 Å². The molecule has 0 spiro atoms. The Kier molecular flexibility index (Phi) is 5.81. The van der Waals surface area contributed by atoms with Gasteiger partial charge in [-0.2, -0.15) is 0 Å². The molecule has 7 heteroatoms. The summed E-state index contributed by atoms with van der Waals surface area (Å²) in [6.45, 7) is 2.44. The van der Waals surface area contributed by atoms with Crippen LogP contribution >= 0.6 is 0 Å². The number of hydrogen-bond donors (Lipinski definition) is 0. The molecule has 2 aromatic rings. The zero-order valence-corrected chi connectivity index (χ0v) is 15.0. The highest BCUT2D eigenvalue weighted by Crippen LogP contribution is 2.16. The number of rotatable bonds is 4. The summed E-state index contributed by atoms with van der Waals surface area (Å²) in [5.74, 6) is -2.24. The Morgan fingerprint density at radius 1 is 0.963 bits per heavy atom. The number of halogens is 2. The lowest BCUT2D eigenvalue weighted by Gasteiger charge is -2.34. The fraction of sp³-hybridized carbons (Fsp3) is 0.300. The SMILES string of the molecule is COC(=O)c1ccc(C(=O)N2CCN(Cc3cccc(F)c3F)CC2)cc1. The second kappa shape index (κ2) is 8.26. The summed E-state index contributed by atoms with van der Waals surface area (Å²) in [5.41, 5.74) is 1.19. The first-order valence-corrected chi connectivity index (χ1v) is 8.62. The zero-order chi connectivity index (χ0) is 19.4. The van der Waals surface area contributed by atoms with Crippen molar-refractivity contribution >= 4 is 11.9 Å². The quantitative estimate of drug-likeness (QED) is 0.773. The lowest BCUT2D eigenvalue weighted by atomic mass is 10.1. The smallest absolute Gasteiger partial charge is 0.337 e. The number of ether oxygens (including phenoxy) is 1. The lowest BCUT2D eigenvalue weighted by Crippen LogP contribution is -2.48. The molecule has 142 valence electrons. The van der Waals surface area contributed by atoms with Crippen LogP contribution in [0.5, 0.6) is 0 Å². The molecule has 1 aliphatic rings. The molecule has 5 nitrogen and oxygen atoms in total. The van der Waals surface area contributed by atoms with Crippen LogP contribution in [-0.2, 0) is 11.3 Å². The lowest BCUT2D eigenvalue weighted by molar-refractivity contribution is 0.0596. The first kappa shape index (κ1) is 19.0. The summed E-state index contributed by atoms with van der Waals surface area (Å²) in [5, 5.41) is 0. The van der Waals surface area contributed by atoms with E-state index in [0.717, 1.165) is 6.07 Å². The van der Waals surface area contributed by atoms with Crippen LogP contribution in [0, 0.1) is 11.6 Å². The standard InChI is InChI=1S/C20H20F2N2O3/c1-27-20(26)15-7-5-14(6-8-15)19(25)24-11-9-23(10-12-24)13-16-3-2-4-17(21)18(16)22/h2-8H,9-13H2,1H3. The van der Waals surface area contributed by atoms with E-state index in [1.54, 1.807) is 35.2 Å². The van der Waals surface area contributed by atoms with E-state index in [1.807, 2.05) is 4.90 Å². The van der Waals surface area contributed by atoms with E-state index in [1.165, 1.54) is 13.2 Å². The van der Waals surface area contributed by atoms with Crippen molar-refractivity contribution in [3.05, 3.63) is 70.8 Å². The summed E-state index contributed by atoms with van der Waals surface area (Å²) in [6, 6.07) is 10.5. The van der Waals surface area contributed by atoms with Crippen LogP contribution in [0.3, 0.4) is 0 Å². The summed E-state index contributed by atoms with van der Waals surface area (Å²) < 4.78 is 31.8. The Morgan fingerprint density at radius 3 is 2.22 bits per heavy atom. The van der Waals surface area contributed by atoms with Crippen LogP contribution in [0.4, 0.5) is 8.78 Å². The molecule has 0 saturated carbocycles. The van der Waals surface area contributed by atoms with Gasteiger partial charge < -0.3 is 9.64 Å². The Hall–Kier alpha value is -2.80. The highest BCUT2D eigenvalue weighted by molar-refractivity contribution is 5.96. The van der Waals surface area contributed by atoms with Crippen LogP contribution in [-0.4, -0.2) is 55.0 Å². The largest absolute Gasteiger partial charge is 0.465 e. The highest BCUT2D eigenvalue weighted by Gasteiger charge is 2.23. The molecule has 0 aliphatic carbocycles. The van der Waals surface area contributed by atoms with Crippen LogP contribution in [0.25, 0.3) is 0 Å². The maximum atomic E-state index is 13.8. The van der Waals surface area contributed by atoms with Crippen molar-refractivity contribution in [3.8, 4) is 0 Å². The number of esters is 1. The molecular weight excluding hydrogens is 354 g/mol. The molecule has 0 radical (unpaired) electrons. The number of amides is 1. The summed E-state index contributed by atoms with van der Waals surface area (Å²) in [4.78, 5) is 27.8. The van der Waals surface area contributed by atoms with Gasteiger partial charge in [-0.3, -0.25) is 9.69 Å². The van der Waals surface area contributed by atoms with Gasteiger partial charge in [0.25, 0.3) is 5.91 Å². The van der Waals surface area contributed by atoms with Gasteiger partial charge in [0, 0.05) is 43.9 Å². The Bertz CT molecular complexity index is 832. The molecule has 1 fully saturated rings. The van der Waals surface area contributed by atoms with Gasteiger partial charge in [-0.05, 0) is 30.3 Å². The second-order valence-corrected chi connectivity index (χ2v) is 6.35. The number of methoxy groups -OCH3 is 1. The van der Waals surface area contributed by atoms with Crippen molar-refractivity contribution in [2.45, 2.75) is 6.54 Å². The van der Waals surface area contributed by atoms with E-state index in [-0.39, 0.29) is 5.91 Å². The molecule has 0 aromatic heterocycles. The Morgan fingerprint density at radius 2 is 1.59 bits per heavy atom. The number of nitrogens with zero attached hydrogens (tertiary/aromatic N) is 2. The van der Waals surface area contributed by atoms with E-state index in [9.17, 15) is 18.4 Å². The minimum absolute atomic E-state index is 0.122. The maximum absolute atomic E-state index is 13.8. The predicted octanol–water partition coefficient (Wildman–Crippen LogP) is 2.71. The van der Waals surface area contributed by atoms with E-state index >= 15 is 0 Å². The van der Waals surface area contributed by atoms with E-state index in [0.29, 0.717) is 49.4 Å². The van der Waals surface area contributed by atoms with Crippen LogP contribution in [0.2, 0.25) is 0 Å². The third kappa shape index (κ3) is 4.31. The molecule has 3 rings (SSSR count). The van der Waals surface area contributed by atoms with Gasteiger partial charge in [0.05, 0.1) is 12.7 Å². The first-order chi connectivity index (χ1) is 13.0. The van der Waals surface area contributed by atoms with Gasteiger partial charge >= 0.3 is 5.97 Å². The van der Waals surface area contributed by atoms with Gasteiger partial charge in [-0.15, -0.1) is 0 Å². The third-order valence-electron chi connectivity index (χ3n) is 4.64. The average Bonchev–Trinajstić information content (AvgIpc) is 2.71. The van der Waals surface area contributed by atoms with Crippen molar-refractivity contribution in [2.24, 2.45) is 0 Å². The molecule has 1 saturated heterocycles. The topological polar surface area (TPSA) is 49.9 Å². The molecule has 0 unspecified atom stereocenters. The third-order valence-corrected chi connectivity index (χ3v) is 4.64. The van der Waals surface area contributed by atoms with Crippen molar-refractivity contribution in [2.75, 3.05) is 33.3 Å². The average molecular weight is 374 g/mol. The van der Waals surface area contributed by atoms with Crippen molar-refractivity contribution in [1.29, 1.82) is 0 Å². The summed E-state index contributed by atoms with van der Waals surface area (Å²) >= 11 is 0. The van der Waals surface area contributed by atoms with Crippen LogP contribution in [0.15, 0.2) is 42.5 Å². The summed E-state index contributed by atoms with van der Waals surface area (Å²) in [7, 11) is 1.30. The first-order valence-electron chi connectivity index (χ1n) is 8.62. The van der Waals surface area contributed by atoms with Crippen molar-refractivity contribution < 1.29 is 23.1 Å². The second-order valence-electron chi connectivity index (χ2n) is 6.35. The van der Waals surface area contributed by atoms with Gasteiger partial charge in [-0.25, -0.2) is 13.6 Å². The summed E-state index contributed by atoms with van der Waals surface area (Å²) in [6.07, 6.45) is 0. The van der Waals surface area contributed by atoms with Gasteiger partial charge in [0.2, 0.25) is 0 Å². The number of hydrogen-bond acceptors (Lipinski definition) is 4. The van der Waals surface area contributed by atoms with Crippen LogP contribution < -0.4 is 0 Å². The van der Waals surface area contributed by atoms with Crippen molar-refractivity contribution in [1.82, 2.24) is 9.80 Å². The van der Waals surface area contributed by atoms with Gasteiger partial charge in [0.1, 0.15) is 0 Å². The number of carbonyl (C=O) groups is 2. The van der Waals surface area contributed by atoms with E-state index in [2.05, 4.69) is 4.74 Å². The molecule has 0 atom stereocenters. The molecule has 1 heterocycles. The fourth-order valence-electron chi connectivity index (χ4n) is 3.07. The van der Waals surface area contributed by atoms with Crippen LogP contribution in [0.1, 0.15) is 26.3 Å². The van der Waals surface area contributed by atoms with Gasteiger partial charge in [0.15, 0.2) is 11.6 Å². The van der Waals surface area contributed by atoms with E-state index in [4.69, 9.17) is 0 Å². The zero-order valence-electron chi connectivity index (χ0n) is 15.0. The minimum Gasteiger partial charge on any atom is -0.465 e. The minimum atomic E-state index is -0.850. The molecule has 0 N–H and O–H groups in total. The Labute approximate surface area is 156 Å². The predicted molar refractivity (Wildman–Crippen MR) is 95.3 cm³/mol. The molecule has 1 amide bonds. The fourth-order valence-corrected chi connectivity index (χ4v) is 3.07. The Balaban J connectivity index is 1.57. The number of benzene rings is 2. The highest BCUT2D eigenvalue weighted by atomic mass is 19.2.